The van der Waals surface area contributed by atoms with E-state index in [2.05, 4.69) is 15.1 Å². The average molecular weight is 287 g/mol. The Bertz CT molecular complexity index is 715. The van der Waals surface area contributed by atoms with Crippen molar-refractivity contribution in [2.45, 2.75) is 36.2 Å². The standard InChI is InChI=1S/C14H13N3O2S/c1-8(13-16-12(17-19-13)9-6-7-9)20-14-15-10-4-2-3-5-11(10)18-14/h2-5,8-9H,6-7H2,1H3. The second-order valence-corrected chi connectivity index (χ2v) is 6.26. The molecule has 0 aliphatic heterocycles. The van der Waals surface area contributed by atoms with Crippen LogP contribution in [-0.4, -0.2) is 15.1 Å². The number of oxazole rings is 1. The van der Waals surface area contributed by atoms with Gasteiger partial charge in [-0.2, -0.15) is 4.98 Å². The first kappa shape index (κ1) is 12.0. The van der Waals surface area contributed by atoms with Crippen molar-refractivity contribution >= 4 is 22.9 Å². The lowest BCUT2D eigenvalue weighted by Gasteiger charge is -2.00. The van der Waals surface area contributed by atoms with Gasteiger partial charge in [-0.1, -0.05) is 29.1 Å². The molecule has 20 heavy (non-hydrogen) atoms. The van der Waals surface area contributed by atoms with E-state index in [1.54, 1.807) is 0 Å². The number of para-hydroxylation sites is 2. The Labute approximate surface area is 119 Å². The summed E-state index contributed by atoms with van der Waals surface area (Å²) in [6, 6.07) is 7.73. The van der Waals surface area contributed by atoms with E-state index in [0.717, 1.165) is 16.9 Å². The van der Waals surface area contributed by atoms with E-state index in [-0.39, 0.29) is 5.25 Å². The van der Waals surface area contributed by atoms with Gasteiger partial charge >= 0.3 is 0 Å². The molecule has 5 nitrogen and oxygen atoms in total. The van der Waals surface area contributed by atoms with Crippen LogP contribution in [0, 0.1) is 0 Å². The third kappa shape index (κ3) is 2.20. The first-order chi connectivity index (χ1) is 9.79. The summed E-state index contributed by atoms with van der Waals surface area (Å²) >= 11 is 1.49. The van der Waals surface area contributed by atoms with E-state index in [1.165, 1.54) is 24.6 Å². The first-order valence-electron chi connectivity index (χ1n) is 6.65. The van der Waals surface area contributed by atoms with Crippen molar-refractivity contribution in [2.24, 2.45) is 0 Å². The van der Waals surface area contributed by atoms with E-state index < -0.39 is 0 Å². The Hall–Kier alpha value is -1.82. The lowest BCUT2D eigenvalue weighted by atomic mass is 10.3. The maximum absolute atomic E-state index is 5.69. The minimum atomic E-state index is 0.0306. The van der Waals surface area contributed by atoms with Crippen LogP contribution >= 0.6 is 11.8 Å². The summed E-state index contributed by atoms with van der Waals surface area (Å²) in [5.41, 5.74) is 1.66. The Kier molecular flexibility index (Phi) is 2.77. The number of fused-ring (bicyclic) bond motifs is 1. The quantitative estimate of drug-likeness (QED) is 0.677. The maximum atomic E-state index is 5.69. The lowest BCUT2D eigenvalue weighted by molar-refractivity contribution is 0.374. The molecule has 1 aliphatic carbocycles. The van der Waals surface area contributed by atoms with Crippen molar-refractivity contribution in [2.75, 3.05) is 0 Å². The van der Waals surface area contributed by atoms with Crippen LogP contribution in [0.15, 0.2) is 38.4 Å². The Morgan fingerprint density at radius 2 is 2.10 bits per heavy atom. The molecular weight excluding hydrogens is 274 g/mol. The molecule has 1 atom stereocenters. The van der Waals surface area contributed by atoms with E-state index in [0.29, 0.717) is 17.0 Å². The van der Waals surface area contributed by atoms with Crippen LogP contribution in [0.3, 0.4) is 0 Å². The molecule has 3 aromatic rings. The van der Waals surface area contributed by atoms with Gasteiger partial charge in [0.05, 0.1) is 5.25 Å². The highest BCUT2D eigenvalue weighted by Gasteiger charge is 2.30. The zero-order chi connectivity index (χ0) is 13.5. The zero-order valence-corrected chi connectivity index (χ0v) is 11.8. The van der Waals surface area contributed by atoms with Crippen LogP contribution in [0.5, 0.6) is 0 Å². The minimum Gasteiger partial charge on any atom is -0.431 e. The van der Waals surface area contributed by atoms with Crippen LogP contribution in [0.25, 0.3) is 11.1 Å². The predicted molar refractivity (Wildman–Crippen MR) is 74.6 cm³/mol. The van der Waals surface area contributed by atoms with Crippen molar-refractivity contribution in [3.8, 4) is 0 Å². The summed E-state index contributed by atoms with van der Waals surface area (Å²) in [5, 5.41) is 4.69. The van der Waals surface area contributed by atoms with Crippen LogP contribution in [0.1, 0.15) is 42.6 Å². The number of aromatic nitrogens is 3. The van der Waals surface area contributed by atoms with Gasteiger partial charge in [-0.25, -0.2) is 4.98 Å². The SMILES string of the molecule is CC(Sc1nc2ccccc2o1)c1nc(C2CC2)no1. The van der Waals surface area contributed by atoms with E-state index in [1.807, 2.05) is 31.2 Å². The highest BCUT2D eigenvalue weighted by molar-refractivity contribution is 7.99. The van der Waals surface area contributed by atoms with E-state index in [4.69, 9.17) is 8.94 Å². The summed E-state index contributed by atoms with van der Waals surface area (Å²) in [6.45, 7) is 2.02. The smallest absolute Gasteiger partial charge is 0.257 e. The van der Waals surface area contributed by atoms with Crippen molar-refractivity contribution in [1.29, 1.82) is 0 Å². The van der Waals surface area contributed by atoms with E-state index in [9.17, 15) is 0 Å². The molecule has 1 aromatic carbocycles. The van der Waals surface area contributed by atoms with Gasteiger partial charge in [0.15, 0.2) is 11.4 Å². The Morgan fingerprint density at radius 1 is 1.25 bits per heavy atom. The molecule has 1 aliphatic rings. The van der Waals surface area contributed by atoms with Gasteiger partial charge in [0.1, 0.15) is 5.52 Å². The second-order valence-electron chi connectivity index (χ2n) is 4.97. The van der Waals surface area contributed by atoms with Crippen LogP contribution < -0.4 is 0 Å². The highest BCUT2D eigenvalue weighted by atomic mass is 32.2. The first-order valence-corrected chi connectivity index (χ1v) is 7.53. The molecule has 1 unspecified atom stereocenters. The van der Waals surface area contributed by atoms with E-state index >= 15 is 0 Å². The van der Waals surface area contributed by atoms with Gasteiger partial charge in [-0.05, 0) is 31.9 Å². The van der Waals surface area contributed by atoms with Crippen LogP contribution in [0.2, 0.25) is 0 Å². The van der Waals surface area contributed by atoms with Gasteiger partial charge < -0.3 is 8.94 Å². The Morgan fingerprint density at radius 3 is 2.90 bits per heavy atom. The van der Waals surface area contributed by atoms with Crippen molar-refractivity contribution in [3.63, 3.8) is 0 Å². The van der Waals surface area contributed by atoms with Crippen LogP contribution in [-0.2, 0) is 0 Å². The van der Waals surface area contributed by atoms with Gasteiger partial charge in [-0.3, -0.25) is 0 Å². The molecule has 1 saturated carbocycles. The summed E-state index contributed by atoms with van der Waals surface area (Å²) in [6.07, 6.45) is 2.34. The molecule has 2 aromatic heterocycles. The van der Waals surface area contributed by atoms with Gasteiger partial charge in [0.25, 0.3) is 5.22 Å². The monoisotopic (exact) mass is 287 g/mol. The molecule has 6 heteroatoms. The van der Waals surface area contributed by atoms with Gasteiger partial charge in [0, 0.05) is 5.92 Å². The van der Waals surface area contributed by atoms with Crippen LogP contribution in [0.4, 0.5) is 0 Å². The zero-order valence-electron chi connectivity index (χ0n) is 10.9. The van der Waals surface area contributed by atoms with Crippen molar-refractivity contribution < 1.29 is 8.94 Å². The van der Waals surface area contributed by atoms with Crippen molar-refractivity contribution in [3.05, 3.63) is 36.0 Å². The largest absolute Gasteiger partial charge is 0.431 e. The number of benzene rings is 1. The third-order valence-corrected chi connectivity index (χ3v) is 4.23. The fourth-order valence-corrected chi connectivity index (χ4v) is 2.81. The molecule has 4 rings (SSSR count). The fraction of sp³-hybridized carbons (Fsp3) is 0.357. The fourth-order valence-electron chi connectivity index (χ4n) is 2.02. The molecule has 0 spiro atoms. The lowest BCUT2D eigenvalue weighted by Crippen LogP contribution is -1.89. The summed E-state index contributed by atoms with van der Waals surface area (Å²) < 4.78 is 11.0. The van der Waals surface area contributed by atoms with Crippen molar-refractivity contribution in [1.82, 2.24) is 15.1 Å². The number of rotatable bonds is 4. The number of nitrogens with zero attached hydrogens (tertiary/aromatic N) is 3. The molecule has 0 saturated heterocycles. The number of hydrogen-bond acceptors (Lipinski definition) is 6. The molecule has 0 radical (unpaired) electrons. The summed E-state index contributed by atoms with van der Waals surface area (Å²) in [7, 11) is 0. The topological polar surface area (TPSA) is 65.0 Å². The minimum absolute atomic E-state index is 0.0306. The number of hydrogen-bond donors (Lipinski definition) is 0. The highest BCUT2D eigenvalue weighted by Crippen LogP contribution is 2.40. The molecule has 0 bridgehead atoms. The third-order valence-electron chi connectivity index (χ3n) is 3.30. The predicted octanol–water partition coefficient (Wildman–Crippen LogP) is 3.94. The summed E-state index contributed by atoms with van der Waals surface area (Å²) in [5.74, 6) is 1.98. The molecule has 0 amide bonds. The molecule has 1 fully saturated rings. The normalized spacial score (nSPS) is 16.6. The molecule has 0 N–H and O–H groups in total. The van der Waals surface area contributed by atoms with Gasteiger partial charge in [-0.15, -0.1) is 0 Å². The molecular formula is C14H13N3O2S. The summed E-state index contributed by atoms with van der Waals surface area (Å²) in [4.78, 5) is 8.89. The molecule has 2 heterocycles. The second kappa shape index (κ2) is 4.63. The van der Waals surface area contributed by atoms with Gasteiger partial charge in [0.2, 0.25) is 5.89 Å². The maximum Gasteiger partial charge on any atom is 0.257 e. The average Bonchev–Trinajstić information content (AvgIpc) is 3.03. The number of thioether (sulfide) groups is 1. The Balaban J connectivity index is 1.54. The molecule has 102 valence electrons.